The predicted octanol–water partition coefficient (Wildman–Crippen LogP) is 2.67. The van der Waals surface area contributed by atoms with Gasteiger partial charge in [-0.15, -0.1) is 0 Å². The molecule has 6 heteroatoms. The van der Waals surface area contributed by atoms with Gasteiger partial charge in [0.15, 0.2) is 0 Å². The molecule has 1 saturated heterocycles. The van der Waals surface area contributed by atoms with Crippen molar-refractivity contribution in [2.45, 2.75) is 25.0 Å². The third-order valence-corrected chi connectivity index (χ3v) is 4.85. The van der Waals surface area contributed by atoms with E-state index in [1.165, 1.54) is 0 Å². The number of urea groups is 1. The largest absolute Gasteiger partial charge is 0.481 e. The number of thioether (sulfide) groups is 1. The van der Waals surface area contributed by atoms with Gasteiger partial charge in [-0.3, -0.25) is 4.79 Å². The second kappa shape index (κ2) is 7.36. The number of para-hydroxylation sites is 1. The van der Waals surface area contributed by atoms with Gasteiger partial charge in [0, 0.05) is 29.8 Å². The van der Waals surface area contributed by atoms with Crippen molar-refractivity contribution >= 4 is 29.4 Å². The van der Waals surface area contributed by atoms with Crippen LogP contribution in [0.2, 0.25) is 0 Å². The summed E-state index contributed by atoms with van der Waals surface area (Å²) in [7, 11) is 0. The summed E-state index contributed by atoms with van der Waals surface area (Å²) < 4.78 is 0. The Balaban J connectivity index is 2.04. The summed E-state index contributed by atoms with van der Waals surface area (Å²) >= 11 is 1.90. The molecule has 1 atom stereocenters. The lowest BCUT2D eigenvalue weighted by atomic mass is 10.1. The fourth-order valence-corrected chi connectivity index (χ4v) is 3.48. The molecule has 114 valence electrons. The van der Waals surface area contributed by atoms with Crippen LogP contribution in [-0.2, 0) is 11.2 Å². The summed E-state index contributed by atoms with van der Waals surface area (Å²) in [4.78, 5) is 25.0. The van der Waals surface area contributed by atoms with Gasteiger partial charge in [0.1, 0.15) is 0 Å². The summed E-state index contributed by atoms with van der Waals surface area (Å²) in [5, 5.41) is 12.2. The number of nitrogens with zero attached hydrogens (tertiary/aromatic N) is 1. The third kappa shape index (κ3) is 4.39. The van der Waals surface area contributed by atoms with Crippen molar-refractivity contribution in [3.63, 3.8) is 0 Å². The molecule has 0 radical (unpaired) electrons. The van der Waals surface area contributed by atoms with Crippen LogP contribution in [-0.4, -0.2) is 46.1 Å². The summed E-state index contributed by atoms with van der Waals surface area (Å²) in [5.74, 6) is 0.0417. The van der Waals surface area contributed by atoms with Crippen molar-refractivity contribution < 1.29 is 14.7 Å². The molecule has 2 rings (SSSR count). The maximum atomic E-state index is 12.3. The molecule has 0 aliphatic carbocycles. The number of benzene rings is 1. The van der Waals surface area contributed by atoms with Crippen LogP contribution in [0.3, 0.4) is 0 Å². The summed E-state index contributed by atoms with van der Waals surface area (Å²) in [5.41, 5.74) is 1.20. The molecule has 1 aromatic carbocycles. The number of anilines is 1. The van der Waals surface area contributed by atoms with Gasteiger partial charge in [-0.25, -0.2) is 4.79 Å². The van der Waals surface area contributed by atoms with Crippen LogP contribution in [0.15, 0.2) is 24.3 Å². The molecule has 2 amide bonds. The number of nitrogens with one attached hydrogen (secondary N) is 1. The Morgan fingerprint density at radius 2 is 2.19 bits per heavy atom. The van der Waals surface area contributed by atoms with Gasteiger partial charge >= 0.3 is 12.0 Å². The number of hydrogen-bond donors (Lipinski definition) is 2. The molecule has 1 unspecified atom stereocenters. The predicted molar refractivity (Wildman–Crippen MR) is 84.9 cm³/mol. The van der Waals surface area contributed by atoms with E-state index < -0.39 is 5.97 Å². The van der Waals surface area contributed by atoms with E-state index in [4.69, 9.17) is 5.11 Å². The summed E-state index contributed by atoms with van der Waals surface area (Å²) in [6.07, 6.45) is 0.952. The van der Waals surface area contributed by atoms with E-state index in [1.54, 1.807) is 24.3 Å². The molecule has 0 bridgehead atoms. The van der Waals surface area contributed by atoms with Crippen LogP contribution < -0.4 is 5.32 Å². The zero-order chi connectivity index (χ0) is 15.2. The van der Waals surface area contributed by atoms with Gasteiger partial charge in [0.2, 0.25) is 0 Å². The van der Waals surface area contributed by atoms with Crippen LogP contribution in [0.4, 0.5) is 10.5 Å². The lowest BCUT2D eigenvalue weighted by Crippen LogP contribution is -2.44. The average molecular weight is 308 g/mol. The van der Waals surface area contributed by atoms with Crippen LogP contribution >= 0.6 is 11.8 Å². The highest BCUT2D eigenvalue weighted by atomic mass is 32.2. The van der Waals surface area contributed by atoms with Gasteiger partial charge in [0.25, 0.3) is 0 Å². The summed E-state index contributed by atoms with van der Waals surface area (Å²) in [6.45, 7) is 3.60. The average Bonchev–Trinajstić information content (AvgIpc) is 2.48. The second-order valence-electron chi connectivity index (χ2n) is 5.00. The number of amides is 2. The minimum atomic E-state index is -0.905. The number of aliphatic carboxylic acids is 1. The minimum Gasteiger partial charge on any atom is -0.481 e. The van der Waals surface area contributed by atoms with E-state index in [-0.39, 0.29) is 12.5 Å². The molecule has 5 nitrogen and oxygen atoms in total. The van der Waals surface area contributed by atoms with Crippen molar-refractivity contribution in [2.75, 3.05) is 24.2 Å². The number of rotatable bonds is 4. The van der Waals surface area contributed by atoms with Gasteiger partial charge < -0.3 is 15.3 Å². The van der Waals surface area contributed by atoms with E-state index >= 15 is 0 Å². The van der Waals surface area contributed by atoms with Crippen molar-refractivity contribution in [1.29, 1.82) is 0 Å². The van der Waals surface area contributed by atoms with Crippen LogP contribution in [0.25, 0.3) is 0 Å². The smallest absolute Gasteiger partial charge is 0.321 e. The molecule has 1 fully saturated rings. The van der Waals surface area contributed by atoms with E-state index in [0.29, 0.717) is 16.5 Å². The third-order valence-electron chi connectivity index (χ3n) is 3.48. The molecular formula is C15H20N2O3S. The molecule has 21 heavy (non-hydrogen) atoms. The highest BCUT2D eigenvalue weighted by molar-refractivity contribution is 8.00. The zero-order valence-electron chi connectivity index (χ0n) is 12.0. The molecule has 0 aromatic heterocycles. The Kier molecular flexibility index (Phi) is 5.50. The maximum Gasteiger partial charge on any atom is 0.321 e. The lowest BCUT2D eigenvalue weighted by molar-refractivity contribution is -0.136. The molecule has 1 heterocycles. The van der Waals surface area contributed by atoms with E-state index in [2.05, 4.69) is 12.2 Å². The second-order valence-corrected chi connectivity index (χ2v) is 6.41. The Morgan fingerprint density at radius 1 is 1.43 bits per heavy atom. The topological polar surface area (TPSA) is 69.6 Å². The fraction of sp³-hybridized carbons (Fsp3) is 0.467. The van der Waals surface area contributed by atoms with Crippen molar-refractivity contribution in [2.24, 2.45) is 0 Å². The molecule has 2 N–H and O–H groups in total. The molecule has 0 spiro atoms. The fourth-order valence-electron chi connectivity index (χ4n) is 2.30. The Labute approximate surface area is 128 Å². The normalized spacial score (nSPS) is 18.3. The highest BCUT2D eigenvalue weighted by Crippen LogP contribution is 2.22. The SMILES string of the molecule is CCC1CN(C(=O)Nc2ccccc2CC(=O)O)CCS1. The van der Waals surface area contributed by atoms with Crippen molar-refractivity contribution in [3.8, 4) is 0 Å². The Morgan fingerprint density at radius 3 is 2.90 bits per heavy atom. The van der Waals surface area contributed by atoms with Gasteiger partial charge in [-0.2, -0.15) is 11.8 Å². The van der Waals surface area contributed by atoms with Gasteiger partial charge in [0.05, 0.1) is 6.42 Å². The van der Waals surface area contributed by atoms with Crippen molar-refractivity contribution in [3.05, 3.63) is 29.8 Å². The van der Waals surface area contributed by atoms with E-state index in [9.17, 15) is 9.59 Å². The standard InChI is InChI=1S/C15H20N2O3S/c1-2-12-10-17(7-8-21-12)15(20)16-13-6-4-3-5-11(13)9-14(18)19/h3-6,12H,2,7-10H2,1H3,(H,16,20)(H,18,19). The van der Waals surface area contributed by atoms with Crippen LogP contribution in [0, 0.1) is 0 Å². The highest BCUT2D eigenvalue weighted by Gasteiger charge is 2.23. The molecular weight excluding hydrogens is 288 g/mol. The quantitative estimate of drug-likeness (QED) is 0.897. The number of carboxylic acids is 1. The maximum absolute atomic E-state index is 12.3. The van der Waals surface area contributed by atoms with Gasteiger partial charge in [-0.1, -0.05) is 25.1 Å². The van der Waals surface area contributed by atoms with Crippen LogP contribution in [0.1, 0.15) is 18.9 Å². The monoisotopic (exact) mass is 308 g/mol. The van der Waals surface area contributed by atoms with E-state index in [1.807, 2.05) is 16.7 Å². The Bertz CT molecular complexity index is 521. The van der Waals surface area contributed by atoms with E-state index in [0.717, 1.165) is 25.3 Å². The van der Waals surface area contributed by atoms with Gasteiger partial charge in [-0.05, 0) is 18.1 Å². The number of hydrogen-bond acceptors (Lipinski definition) is 3. The molecule has 1 aliphatic rings. The first-order valence-electron chi connectivity index (χ1n) is 7.07. The lowest BCUT2D eigenvalue weighted by Gasteiger charge is -2.32. The van der Waals surface area contributed by atoms with Crippen molar-refractivity contribution in [1.82, 2.24) is 4.90 Å². The molecule has 1 aromatic rings. The molecule has 0 saturated carbocycles. The number of carboxylic acid groups (broad SMARTS) is 1. The summed E-state index contributed by atoms with van der Waals surface area (Å²) in [6, 6.07) is 6.89. The van der Waals surface area contributed by atoms with Crippen LogP contribution in [0.5, 0.6) is 0 Å². The number of carbonyl (C=O) groups is 2. The Hall–Kier alpha value is -1.69. The number of carbonyl (C=O) groups excluding carboxylic acids is 1. The zero-order valence-corrected chi connectivity index (χ0v) is 12.9. The first-order chi connectivity index (χ1) is 10.1. The first-order valence-corrected chi connectivity index (χ1v) is 8.12. The first kappa shape index (κ1) is 15.7. The molecule has 1 aliphatic heterocycles. The minimum absolute atomic E-state index is 0.0934.